The van der Waals surface area contributed by atoms with Gasteiger partial charge in [0.1, 0.15) is 4.90 Å². The Kier molecular flexibility index (Phi) is 4.41. The summed E-state index contributed by atoms with van der Waals surface area (Å²) in [5, 5.41) is 9.97. The van der Waals surface area contributed by atoms with E-state index in [-0.39, 0.29) is 10.7 Å². The summed E-state index contributed by atoms with van der Waals surface area (Å²) in [5.74, 6) is -1.08. The molecule has 0 atom stereocenters. The van der Waals surface area contributed by atoms with E-state index in [9.17, 15) is 17.9 Å². The van der Waals surface area contributed by atoms with Gasteiger partial charge in [-0.2, -0.15) is 0 Å². The smallest absolute Gasteiger partial charge is 0.244 e. The summed E-state index contributed by atoms with van der Waals surface area (Å²) in [5.41, 5.74) is 2.42. The minimum absolute atomic E-state index is 0.00494. The molecule has 0 amide bonds. The summed E-state index contributed by atoms with van der Waals surface area (Å²) in [7, 11) is -4.23. The average molecular weight is 325 g/mol. The third-order valence-electron chi connectivity index (χ3n) is 3.24. The van der Waals surface area contributed by atoms with Crippen LogP contribution in [0.1, 0.15) is 27.7 Å². The molecule has 0 saturated carbocycles. The second kappa shape index (κ2) is 5.14. The fourth-order valence-electron chi connectivity index (χ4n) is 1.30. The first kappa shape index (κ1) is 17.2. The number of nitrogens with one attached hydrogen (secondary N) is 1. The van der Waals surface area contributed by atoms with Gasteiger partial charge in [-0.3, -0.25) is 0 Å². The lowest BCUT2D eigenvalue weighted by molar-refractivity contribution is 0.00636. The van der Waals surface area contributed by atoms with E-state index in [4.69, 9.17) is 17.3 Å². The number of aliphatic hydroxyl groups is 1. The highest BCUT2D eigenvalue weighted by Gasteiger charge is 2.39. The van der Waals surface area contributed by atoms with Crippen LogP contribution in [0.4, 0.5) is 10.1 Å². The van der Waals surface area contributed by atoms with Crippen LogP contribution >= 0.6 is 11.6 Å². The van der Waals surface area contributed by atoms with Gasteiger partial charge in [-0.25, -0.2) is 17.5 Å². The number of sulfonamides is 1. The molecular formula is C12H18ClFN2O3S. The zero-order valence-electron chi connectivity index (χ0n) is 11.7. The Morgan fingerprint density at radius 2 is 1.80 bits per heavy atom. The molecule has 1 aromatic carbocycles. The molecule has 0 aliphatic heterocycles. The van der Waals surface area contributed by atoms with Crippen LogP contribution in [0.3, 0.4) is 0 Å². The molecule has 0 aliphatic rings. The van der Waals surface area contributed by atoms with Gasteiger partial charge >= 0.3 is 0 Å². The quantitative estimate of drug-likeness (QED) is 0.737. The first-order valence-electron chi connectivity index (χ1n) is 5.79. The lowest BCUT2D eigenvalue weighted by Crippen LogP contribution is -2.57. The number of anilines is 1. The van der Waals surface area contributed by atoms with E-state index in [2.05, 4.69) is 4.72 Å². The molecule has 1 rings (SSSR count). The van der Waals surface area contributed by atoms with E-state index in [1.54, 1.807) is 0 Å². The molecule has 5 nitrogen and oxygen atoms in total. The van der Waals surface area contributed by atoms with Gasteiger partial charge in [0, 0.05) is 5.02 Å². The van der Waals surface area contributed by atoms with Gasteiger partial charge in [-0.1, -0.05) is 11.6 Å². The molecule has 114 valence electrons. The topological polar surface area (TPSA) is 92.4 Å². The third-order valence-corrected chi connectivity index (χ3v) is 5.11. The van der Waals surface area contributed by atoms with E-state index < -0.39 is 31.9 Å². The minimum atomic E-state index is -4.23. The van der Waals surface area contributed by atoms with Crippen LogP contribution in [0.5, 0.6) is 0 Å². The first-order valence-corrected chi connectivity index (χ1v) is 7.65. The van der Waals surface area contributed by atoms with Gasteiger partial charge in [0.25, 0.3) is 0 Å². The Morgan fingerprint density at radius 3 is 2.25 bits per heavy atom. The highest BCUT2D eigenvalue weighted by Crippen LogP contribution is 2.28. The second-order valence-corrected chi connectivity index (χ2v) is 7.68. The zero-order chi connectivity index (χ0) is 15.9. The summed E-state index contributed by atoms with van der Waals surface area (Å²) in [6, 6.07) is 2.09. The van der Waals surface area contributed by atoms with E-state index in [1.807, 2.05) is 0 Å². The summed E-state index contributed by atoms with van der Waals surface area (Å²) in [6.07, 6.45) is 0. The van der Waals surface area contributed by atoms with Crippen LogP contribution < -0.4 is 10.5 Å². The van der Waals surface area contributed by atoms with Crippen molar-refractivity contribution in [2.75, 3.05) is 5.73 Å². The summed E-state index contributed by atoms with van der Waals surface area (Å²) < 4.78 is 40.6. The molecule has 1 aromatic rings. The Bertz CT molecular complexity index is 624. The van der Waals surface area contributed by atoms with Gasteiger partial charge < -0.3 is 10.8 Å². The largest absolute Gasteiger partial charge is 0.396 e. The molecule has 4 N–H and O–H groups in total. The summed E-state index contributed by atoms with van der Waals surface area (Å²) in [6.45, 7) is 5.85. The number of hydrogen-bond donors (Lipinski definition) is 3. The van der Waals surface area contributed by atoms with Crippen LogP contribution in [0.2, 0.25) is 5.02 Å². The van der Waals surface area contributed by atoms with Crippen molar-refractivity contribution in [3.8, 4) is 0 Å². The molecular weight excluding hydrogens is 307 g/mol. The third kappa shape index (κ3) is 3.41. The Morgan fingerprint density at radius 1 is 1.30 bits per heavy atom. The fraction of sp³-hybridized carbons (Fsp3) is 0.500. The lowest BCUT2D eigenvalue weighted by Gasteiger charge is -2.37. The summed E-state index contributed by atoms with van der Waals surface area (Å²) >= 11 is 5.70. The predicted molar refractivity (Wildman–Crippen MR) is 76.5 cm³/mol. The van der Waals surface area contributed by atoms with E-state index in [0.717, 1.165) is 12.1 Å². The first-order chi connectivity index (χ1) is 8.78. The standard InChI is InChI=1S/C12H18ClFN2O3S/c1-11(2,12(3,4)17)16-20(18,19)9-6-7(13)5-8(15)10(9)14/h5-6,16-17H,15H2,1-4H3. The monoisotopic (exact) mass is 324 g/mol. The molecule has 0 aliphatic carbocycles. The van der Waals surface area contributed by atoms with Crippen LogP contribution in [0, 0.1) is 5.82 Å². The van der Waals surface area contributed by atoms with Crippen molar-refractivity contribution in [2.24, 2.45) is 0 Å². The maximum Gasteiger partial charge on any atom is 0.244 e. The summed E-state index contributed by atoms with van der Waals surface area (Å²) in [4.78, 5) is -0.653. The van der Waals surface area contributed by atoms with Crippen LogP contribution in [0.15, 0.2) is 17.0 Å². The van der Waals surface area contributed by atoms with Crippen molar-refractivity contribution in [2.45, 2.75) is 43.7 Å². The number of benzene rings is 1. The van der Waals surface area contributed by atoms with Gasteiger partial charge in [0.2, 0.25) is 10.0 Å². The minimum Gasteiger partial charge on any atom is -0.396 e. The number of rotatable bonds is 4. The van der Waals surface area contributed by atoms with Gasteiger partial charge in [0.15, 0.2) is 5.82 Å². The molecule has 8 heteroatoms. The van der Waals surface area contributed by atoms with Crippen molar-refractivity contribution >= 4 is 27.3 Å². The highest BCUT2D eigenvalue weighted by atomic mass is 35.5. The molecule has 0 bridgehead atoms. The van der Waals surface area contributed by atoms with Crippen molar-refractivity contribution in [3.05, 3.63) is 23.0 Å². The maximum absolute atomic E-state index is 13.9. The maximum atomic E-state index is 13.9. The number of hydrogen-bond acceptors (Lipinski definition) is 4. The Hall–Kier alpha value is -0.890. The normalized spacial score (nSPS) is 13.6. The van der Waals surface area contributed by atoms with E-state index >= 15 is 0 Å². The average Bonchev–Trinajstić information content (AvgIpc) is 2.19. The van der Waals surface area contributed by atoms with Crippen molar-refractivity contribution < 1.29 is 17.9 Å². The Balaban J connectivity index is 3.33. The molecule has 0 fully saturated rings. The van der Waals surface area contributed by atoms with Crippen molar-refractivity contribution in [1.29, 1.82) is 0 Å². The van der Waals surface area contributed by atoms with Gasteiger partial charge in [0.05, 0.1) is 16.8 Å². The lowest BCUT2D eigenvalue weighted by atomic mass is 9.87. The van der Waals surface area contributed by atoms with Gasteiger partial charge in [-0.05, 0) is 39.8 Å². The SMILES string of the molecule is CC(C)(O)C(C)(C)NS(=O)(=O)c1cc(Cl)cc(N)c1F. The predicted octanol–water partition coefficient (Wildman–Crippen LogP) is 1.89. The zero-order valence-corrected chi connectivity index (χ0v) is 13.2. The number of halogens is 2. The molecule has 0 saturated heterocycles. The number of nitrogen functional groups attached to an aromatic ring is 1. The van der Waals surface area contributed by atoms with E-state index in [0.29, 0.717) is 0 Å². The van der Waals surface area contributed by atoms with Crippen molar-refractivity contribution in [1.82, 2.24) is 4.72 Å². The molecule has 0 unspecified atom stereocenters. The van der Waals surface area contributed by atoms with Crippen LogP contribution in [-0.2, 0) is 10.0 Å². The van der Waals surface area contributed by atoms with Gasteiger partial charge in [-0.15, -0.1) is 0 Å². The second-order valence-electron chi connectivity index (χ2n) is 5.60. The molecule has 0 radical (unpaired) electrons. The fourth-order valence-corrected chi connectivity index (χ4v) is 3.25. The number of nitrogens with two attached hydrogens (primary N) is 1. The molecule has 0 spiro atoms. The van der Waals surface area contributed by atoms with Crippen LogP contribution in [-0.4, -0.2) is 24.7 Å². The van der Waals surface area contributed by atoms with Crippen molar-refractivity contribution in [3.63, 3.8) is 0 Å². The highest BCUT2D eigenvalue weighted by molar-refractivity contribution is 7.89. The molecule has 0 aromatic heterocycles. The molecule has 20 heavy (non-hydrogen) atoms. The van der Waals surface area contributed by atoms with Crippen LogP contribution in [0.25, 0.3) is 0 Å². The molecule has 0 heterocycles. The van der Waals surface area contributed by atoms with E-state index in [1.165, 1.54) is 27.7 Å². The Labute approximate surface area is 123 Å².